The predicted molar refractivity (Wildman–Crippen MR) is 190 cm³/mol. The number of H-pyrrole nitrogens is 1. The number of aromatic amines is 1. The van der Waals surface area contributed by atoms with Crippen LogP contribution in [0.25, 0.3) is 0 Å². The second-order valence-corrected chi connectivity index (χ2v) is 16.7. The van der Waals surface area contributed by atoms with Crippen LogP contribution in [0.15, 0.2) is 42.9 Å². The third-order valence-corrected chi connectivity index (χ3v) is 11.0. The summed E-state index contributed by atoms with van der Waals surface area (Å²) in [7, 11) is -3.54. The van der Waals surface area contributed by atoms with Gasteiger partial charge < -0.3 is 30.9 Å². The van der Waals surface area contributed by atoms with E-state index in [0.29, 0.717) is 25.0 Å². The lowest BCUT2D eigenvalue weighted by atomic mass is 9.81. The fourth-order valence-electron chi connectivity index (χ4n) is 6.38. The van der Waals surface area contributed by atoms with Gasteiger partial charge in [0.15, 0.2) is 0 Å². The van der Waals surface area contributed by atoms with Gasteiger partial charge in [0.2, 0.25) is 21.8 Å². The molecule has 1 saturated carbocycles. The van der Waals surface area contributed by atoms with Gasteiger partial charge in [-0.15, -0.1) is 0 Å². The van der Waals surface area contributed by atoms with Crippen molar-refractivity contribution in [3.05, 3.63) is 54.1 Å². The van der Waals surface area contributed by atoms with Crippen molar-refractivity contribution in [1.82, 2.24) is 25.3 Å². The molecule has 12 nitrogen and oxygen atoms in total. The lowest BCUT2D eigenvalue weighted by molar-refractivity contribution is -0.133. The van der Waals surface area contributed by atoms with E-state index in [1.807, 2.05) is 51.1 Å². The Balaban J connectivity index is 1.81. The molecule has 3 unspecified atom stereocenters. The Hall–Kier alpha value is -2.84. The summed E-state index contributed by atoms with van der Waals surface area (Å²) in [5, 5.41) is 38.9. The molecule has 1 aliphatic carbocycles. The molecular weight excluding hydrogens is 646 g/mol. The number of aliphatic hydroxyl groups excluding tert-OH is 3. The van der Waals surface area contributed by atoms with Gasteiger partial charge in [0.25, 0.3) is 0 Å². The summed E-state index contributed by atoms with van der Waals surface area (Å²) in [5.74, 6) is -1.29. The van der Waals surface area contributed by atoms with Crippen LogP contribution in [0, 0.1) is 17.3 Å². The van der Waals surface area contributed by atoms with Crippen molar-refractivity contribution >= 4 is 21.8 Å². The van der Waals surface area contributed by atoms with Crippen molar-refractivity contribution in [3.63, 3.8) is 0 Å². The third kappa shape index (κ3) is 14.5. The summed E-state index contributed by atoms with van der Waals surface area (Å²) < 4.78 is 26.6. The number of imidazole rings is 1. The van der Waals surface area contributed by atoms with E-state index in [2.05, 4.69) is 25.3 Å². The Kier molecular flexibility index (Phi) is 16.2. The average molecular weight is 706 g/mol. The Labute approximate surface area is 292 Å². The predicted octanol–water partition coefficient (Wildman–Crippen LogP) is 2.99. The van der Waals surface area contributed by atoms with Crippen LogP contribution in [-0.4, -0.2) is 88.2 Å². The zero-order valence-electron chi connectivity index (χ0n) is 29.6. The number of aromatic nitrogens is 2. The van der Waals surface area contributed by atoms with E-state index in [1.165, 1.54) is 6.33 Å². The zero-order chi connectivity index (χ0) is 36.0. The van der Waals surface area contributed by atoms with Gasteiger partial charge in [0.1, 0.15) is 6.04 Å². The first-order valence-corrected chi connectivity index (χ1v) is 19.5. The molecular formula is C36H59N5O7S. The number of nitrogens with one attached hydrogen (secondary N) is 4. The van der Waals surface area contributed by atoms with Crippen LogP contribution in [0.5, 0.6) is 0 Å². The average Bonchev–Trinajstić information content (AvgIpc) is 3.56. The number of carbonyl (C=O) groups is 2. The number of amides is 2. The second kappa shape index (κ2) is 19.5. The Bertz CT molecular complexity index is 1360. The minimum absolute atomic E-state index is 0.0624. The molecule has 3 rings (SSSR count). The summed E-state index contributed by atoms with van der Waals surface area (Å²) in [5.41, 5.74) is 1.04. The lowest BCUT2D eigenvalue weighted by Crippen LogP contribution is -2.55. The summed E-state index contributed by atoms with van der Waals surface area (Å²) >= 11 is 0. The van der Waals surface area contributed by atoms with Gasteiger partial charge in [0.05, 0.1) is 42.1 Å². The monoisotopic (exact) mass is 705 g/mol. The number of hydrogen-bond acceptors (Lipinski definition) is 8. The number of rotatable bonds is 20. The second-order valence-electron chi connectivity index (χ2n) is 14.8. The minimum atomic E-state index is -3.54. The summed E-state index contributed by atoms with van der Waals surface area (Å²) in [6.45, 7) is 7.25. The molecule has 0 saturated heterocycles. The van der Waals surface area contributed by atoms with Gasteiger partial charge in [0, 0.05) is 31.5 Å². The Morgan fingerprint density at radius 2 is 1.67 bits per heavy atom. The molecule has 7 N–H and O–H groups in total. The fourth-order valence-corrected chi connectivity index (χ4v) is 7.51. The van der Waals surface area contributed by atoms with Crippen molar-refractivity contribution in [2.24, 2.45) is 17.3 Å². The van der Waals surface area contributed by atoms with Crippen LogP contribution in [-0.2, 0) is 32.5 Å². The number of nitrogens with zero attached hydrogens (tertiary/aromatic N) is 1. The van der Waals surface area contributed by atoms with Gasteiger partial charge in [-0.25, -0.2) is 18.1 Å². The summed E-state index contributed by atoms with van der Waals surface area (Å²) in [6, 6.07) is 7.78. The molecule has 2 amide bonds. The molecule has 6 atom stereocenters. The number of carbonyl (C=O) groups excluding carboxylic acids is 2. The zero-order valence-corrected chi connectivity index (χ0v) is 30.4. The number of benzene rings is 1. The quantitative estimate of drug-likeness (QED) is 0.109. The maximum atomic E-state index is 14.1. The van der Waals surface area contributed by atoms with Crippen LogP contribution >= 0.6 is 0 Å². The van der Waals surface area contributed by atoms with Crippen LogP contribution in [0.1, 0.15) is 96.7 Å². The van der Waals surface area contributed by atoms with Gasteiger partial charge >= 0.3 is 0 Å². The molecule has 0 aliphatic heterocycles. The molecule has 2 aromatic rings. The largest absolute Gasteiger partial charge is 0.393 e. The standard InChI is InChI=1S/C36H59N5O7S/c1-5-16-49(47,48)39-23-29(42)21-32(43)30(18-26-14-10-7-11-15-26)40-35(46)31(20-28-22-37-24-38-28)41-34(45)27(19-33(44)36(2,3)4)17-25-12-8-6-9-13-25/h6,8-9,12-13,22,24,26-27,29-33,39,42-44H,5,7,10-11,14-21,23H2,1-4H3,(H,37,38)(H,40,46)(H,41,45)/t27?,29-,30+,31?,32+,33?/m1/s1. The highest BCUT2D eigenvalue weighted by Crippen LogP contribution is 2.29. The smallest absolute Gasteiger partial charge is 0.243 e. The SMILES string of the molecule is CCCS(=O)(=O)NC[C@H](O)C[C@H](O)[C@H](CC1CCCCC1)NC(=O)C(Cc1c[nH]cn1)NC(=O)C(Cc1ccccc1)CC(O)C(C)(C)C. The number of hydrogen-bond donors (Lipinski definition) is 7. The van der Waals surface area contributed by atoms with Crippen LogP contribution in [0.4, 0.5) is 0 Å². The topological polar surface area (TPSA) is 194 Å². The first-order chi connectivity index (χ1) is 23.2. The van der Waals surface area contributed by atoms with E-state index in [0.717, 1.165) is 37.7 Å². The molecule has 1 fully saturated rings. The molecule has 1 aromatic carbocycles. The number of sulfonamides is 1. The van der Waals surface area contributed by atoms with Crippen molar-refractivity contribution in [2.45, 2.75) is 129 Å². The molecule has 0 radical (unpaired) electrons. The van der Waals surface area contributed by atoms with E-state index in [4.69, 9.17) is 0 Å². The van der Waals surface area contributed by atoms with E-state index < -0.39 is 57.7 Å². The van der Waals surface area contributed by atoms with E-state index >= 15 is 0 Å². The van der Waals surface area contributed by atoms with E-state index in [9.17, 15) is 33.3 Å². The van der Waals surface area contributed by atoms with Crippen LogP contribution < -0.4 is 15.4 Å². The maximum Gasteiger partial charge on any atom is 0.243 e. The Morgan fingerprint density at radius 1 is 0.980 bits per heavy atom. The lowest BCUT2D eigenvalue weighted by Gasteiger charge is -2.33. The summed E-state index contributed by atoms with van der Waals surface area (Å²) in [4.78, 5) is 35.2. The van der Waals surface area contributed by atoms with Crippen molar-refractivity contribution in [2.75, 3.05) is 12.3 Å². The van der Waals surface area contributed by atoms with Gasteiger partial charge in [-0.05, 0) is 42.6 Å². The highest BCUT2D eigenvalue weighted by molar-refractivity contribution is 7.89. The van der Waals surface area contributed by atoms with Crippen molar-refractivity contribution < 1.29 is 33.3 Å². The minimum Gasteiger partial charge on any atom is -0.393 e. The van der Waals surface area contributed by atoms with Crippen molar-refractivity contribution in [3.8, 4) is 0 Å². The van der Waals surface area contributed by atoms with Crippen LogP contribution in [0.2, 0.25) is 0 Å². The maximum absolute atomic E-state index is 14.1. The highest BCUT2D eigenvalue weighted by atomic mass is 32.2. The highest BCUT2D eigenvalue weighted by Gasteiger charge is 2.34. The third-order valence-electron chi connectivity index (χ3n) is 9.43. The van der Waals surface area contributed by atoms with E-state index in [-0.39, 0.29) is 43.4 Å². The van der Waals surface area contributed by atoms with Crippen LogP contribution in [0.3, 0.4) is 0 Å². The first-order valence-electron chi connectivity index (χ1n) is 17.8. The summed E-state index contributed by atoms with van der Waals surface area (Å²) in [6.07, 6.45) is 6.67. The van der Waals surface area contributed by atoms with E-state index in [1.54, 1.807) is 13.1 Å². The van der Waals surface area contributed by atoms with Crippen molar-refractivity contribution in [1.29, 1.82) is 0 Å². The molecule has 49 heavy (non-hydrogen) atoms. The molecule has 1 aliphatic rings. The van der Waals surface area contributed by atoms with Gasteiger partial charge in [-0.3, -0.25) is 9.59 Å². The first kappa shape index (κ1) is 40.6. The molecule has 276 valence electrons. The number of aliphatic hydroxyl groups is 3. The molecule has 0 spiro atoms. The van der Waals surface area contributed by atoms with Gasteiger partial charge in [-0.1, -0.05) is 90.1 Å². The fraction of sp³-hybridized carbons (Fsp3) is 0.694. The molecule has 1 aromatic heterocycles. The molecule has 1 heterocycles. The molecule has 0 bridgehead atoms. The van der Waals surface area contributed by atoms with Gasteiger partial charge in [-0.2, -0.15) is 0 Å². The Morgan fingerprint density at radius 3 is 2.29 bits per heavy atom. The normalized spacial score (nSPS) is 18.2. The molecule has 13 heteroatoms.